The van der Waals surface area contributed by atoms with Gasteiger partial charge in [-0.3, -0.25) is 14.4 Å². The minimum Gasteiger partial charge on any atom is -0.480 e. The maximum Gasteiger partial charge on any atom is 0.322 e. The van der Waals surface area contributed by atoms with Crippen molar-refractivity contribution < 1.29 is 19.5 Å². The van der Waals surface area contributed by atoms with Crippen molar-refractivity contribution in [3.63, 3.8) is 0 Å². The summed E-state index contributed by atoms with van der Waals surface area (Å²) in [5, 5.41) is 17.4. The highest BCUT2D eigenvalue weighted by molar-refractivity contribution is 7.08. The Morgan fingerprint density at radius 1 is 1.21 bits per heavy atom. The van der Waals surface area contributed by atoms with Crippen molar-refractivity contribution in [2.75, 3.05) is 11.9 Å². The van der Waals surface area contributed by atoms with Gasteiger partial charge < -0.3 is 15.7 Å². The number of anilines is 1. The molecule has 2 amide bonds. The van der Waals surface area contributed by atoms with Crippen molar-refractivity contribution in [1.82, 2.24) is 14.9 Å². The summed E-state index contributed by atoms with van der Waals surface area (Å²) in [6.07, 6.45) is 0.698. The Bertz CT molecular complexity index is 742. The van der Waals surface area contributed by atoms with Crippen LogP contribution < -0.4 is 10.6 Å². The summed E-state index contributed by atoms with van der Waals surface area (Å²) in [5.74, 6) is -1.74. The summed E-state index contributed by atoms with van der Waals surface area (Å²) in [6.45, 7) is 1.49. The minimum absolute atomic E-state index is 0.0697. The van der Waals surface area contributed by atoms with Gasteiger partial charge in [-0.15, -0.1) is 5.10 Å². The third kappa shape index (κ3) is 4.85. The number of carbonyl (C=O) groups excluding carboxylic acids is 2. The number of hydrogen-bond acceptors (Lipinski definition) is 6. The first kappa shape index (κ1) is 17.5. The van der Waals surface area contributed by atoms with Crippen LogP contribution in [-0.2, 0) is 22.4 Å². The van der Waals surface area contributed by atoms with Crippen molar-refractivity contribution in [2.45, 2.75) is 19.8 Å². The van der Waals surface area contributed by atoms with E-state index in [0.29, 0.717) is 28.2 Å². The first-order valence-electron chi connectivity index (χ1n) is 7.19. The van der Waals surface area contributed by atoms with Gasteiger partial charge in [0.2, 0.25) is 5.91 Å². The van der Waals surface area contributed by atoms with Crippen LogP contribution in [0.15, 0.2) is 24.3 Å². The molecule has 0 fully saturated rings. The van der Waals surface area contributed by atoms with E-state index in [1.165, 1.54) is 0 Å². The zero-order valence-electron chi connectivity index (χ0n) is 12.9. The van der Waals surface area contributed by atoms with E-state index in [2.05, 4.69) is 20.2 Å². The van der Waals surface area contributed by atoms with Crippen molar-refractivity contribution in [2.24, 2.45) is 0 Å². The van der Waals surface area contributed by atoms with Gasteiger partial charge in [-0.05, 0) is 35.6 Å². The molecule has 1 aromatic carbocycles. The SMILES string of the molecule is CCc1nnsc1C(=O)Nc1ccc(CC(=O)NCC(=O)O)cc1. The standard InChI is InChI=1S/C15H16N4O4S/c1-2-11-14(24-19-18-11)15(23)17-10-5-3-9(4-6-10)7-12(20)16-8-13(21)22/h3-6H,2,7-8H2,1H3,(H,16,20)(H,17,23)(H,21,22). The maximum absolute atomic E-state index is 12.2. The number of aryl methyl sites for hydroxylation is 1. The molecule has 126 valence electrons. The van der Waals surface area contributed by atoms with E-state index in [4.69, 9.17) is 5.11 Å². The van der Waals surface area contributed by atoms with E-state index >= 15 is 0 Å². The van der Waals surface area contributed by atoms with E-state index in [1.54, 1.807) is 24.3 Å². The van der Waals surface area contributed by atoms with Crippen LogP contribution in [0.1, 0.15) is 27.9 Å². The van der Waals surface area contributed by atoms with Gasteiger partial charge in [0, 0.05) is 5.69 Å². The van der Waals surface area contributed by atoms with Crippen LogP contribution in [0.3, 0.4) is 0 Å². The van der Waals surface area contributed by atoms with Crippen LogP contribution in [0.5, 0.6) is 0 Å². The Kier molecular flexibility index (Phi) is 5.96. The summed E-state index contributed by atoms with van der Waals surface area (Å²) in [7, 11) is 0. The van der Waals surface area contributed by atoms with E-state index in [9.17, 15) is 14.4 Å². The third-order valence-electron chi connectivity index (χ3n) is 3.11. The number of benzene rings is 1. The lowest BCUT2D eigenvalue weighted by molar-refractivity contribution is -0.137. The van der Waals surface area contributed by atoms with Gasteiger partial charge in [-0.25, -0.2) is 0 Å². The van der Waals surface area contributed by atoms with Gasteiger partial charge in [0.1, 0.15) is 11.4 Å². The van der Waals surface area contributed by atoms with Gasteiger partial charge in [-0.2, -0.15) is 0 Å². The molecule has 0 aliphatic rings. The average molecular weight is 348 g/mol. The molecule has 0 saturated heterocycles. The summed E-state index contributed by atoms with van der Waals surface area (Å²) >= 11 is 1.05. The lowest BCUT2D eigenvalue weighted by atomic mass is 10.1. The van der Waals surface area contributed by atoms with Crippen molar-refractivity contribution in [1.29, 1.82) is 0 Å². The van der Waals surface area contributed by atoms with Crippen molar-refractivity contribution >= 4 is 35.0 Å². The largest absolute Gasteiger partial charge is 0.480 e. The van der Waals surface area contributed by atoms with Crippen LogP contribution in [0.4, 0.5) is 5.69 Å². The average Bonchev–Trinajstić information content (AvgIpc) is 3.03. The van der Waals surface area contributed by atoms with Crippen LogP contribution in [0.2, 0.25) is 0 Å². The molecular weight excluding hydrogens is 332 g/mol. The second kappa shape index (κ2) is 8.16. The predicted octanol–water partition coefficient (Wildman–Crippen LogP) is 1.10. The Morgan fingerprint density at radius 3 is 2.54 bits per heavy atom. The van der Waals surface area contributed by atoms with E-state index < -0.39 is 12.5 Å². The molecular formula is C15H16N4O4S. The molecule has 0 atom stereocenters. The topological polar surface area (TPSA) is 121 Å². The second-order valence-corrected chi connectivity index (χ2v) is 5.65. The molecule has 9 heteroatoms. The zero-order chi connectivity index (χ0) is 17.5. The van der Waals surface area contributed by atoms with Gasteiger partial charge in [0.05, 0.1) is 12.1 Å². The quantitative estimate of drug-likeness (QED) is 0.689. The molecule has 0 aliphatic heterocycles. The number of carboxylic acids is 1. The smallest absolute Gasteiger partial charge is 0.322 e. The Labute approximate surface area is 142 Å². The molecule has 2 aromatic rings. The highest BCUT2D eigenvalue weighted by atomic mass is 32.1. The van der Waals surface area contributed by atoms with Gasteiger partial charge >= 0.3 is 5.97 Å². The predicted molar refractivity (Wildman–Crippen MR) is 88.0 cm³/mol. The molecule has 8 nitrogen and oxygen atoms in total. The number of nitrogens with one attached hydrogen (secondary N) is 2. The molecule has 1 aromatic heterocycles. The third-order valence-corrected chi connectivity index (χ3v) is 3.88. The van der Waals surface area contributed by atoms with Crippen LogP contribution in [0, 0.1) is 0 Å². The van der Waals surface area contributed by atoms with Crippen molar-refractivity contribution in [3.8, 4) is 0 Å². The normalized spacial score (nSPS) is 10.2. The first-order valence-corrected chi connectivity index (χ1v) is 7.97. The van der Waals surface area contributed by atoms with E-state index in [0.717, 1.165) is 11.5 Å². The fraction of sp³-hybridized carbons (Fsp3) is 0.267. The van der Waals surface area contributed by atoms with E-state index in [-0.39, 0.29) is 18.2 Å². The molecule has 0 spiro atoms. The fourth-order valence-corrected chi connectivity index (χ4v) is 2.57. The van der Waals surface area contributed by atoms with Crippen LogP contribution >= 0.6 is 11.5 Å². The molecule has 24 heavy (non-hydrogen) atoms. The highest BCUT2D eigenvalue weighted by Crippen LogP contribution is 2.15. The Balaban J connectivity index is 1.93. The summed E-state index contributed by atoms with van der Waals surface area (Å²) in [6, 6.07) is 6.75. The van der Waals surface area contributed by atoms with E-state index in [1.807, 2.05) is 6.92 Å². The fourth-order valence-electron chi connectivity index (χ4n) is 1.93. The number of aromatic nitrogens is 2. The molecule has 0 saturated carbocycles. The van der Waals surface area contributed by atoms with Gasteiger partial charge in [-0.1, -0.05) is 23.5 Å². The summed E-state index contributed by atoms with van der Waals surface area (Å²) in [4.78, 5) is 34.6. The maximum atomic E-state index is 12.2. The summed E-state index contributed by atoms with van der Waals surface area (Å²) < 4.78 is 3.78. The summed E-state index contributed by atoms with van der Waals surface area (Å²) in [5.41, 5.74) is 1.96. The number of rotatable bonds is 7. The lowest BCUT2D eigenvalue weighted by Gasteiger charge is -2.06. The molecule has 0 aliphatic carbocycles. The van der Waals surface area contributed by atoms with Gasteiger partial charge in [0.15, 0.2) is 0 Å². The zero-order valence-corrected chi connectivity index (χ0v) is 13.7. The molecule has 1 heterocycles. The number of carboxylic acid groups (broad SMARTS) is 1. The van der Waals surface area contributed by atoms with Crippen LogP contribution in [0.25, 0.3) is 0 Å². The molecule has 0 bridgehead atoms. The first-order chi connectivity index (χ1) is 11.5. The van der Waals surface area contributed by atoms with Crippen molar-refractivity contribution in [3.05, 3.63) is 40.4 Å². The van der Waals surface area contributed by atoms with Gasteiger partial charge in [0.25, 0.3) is 5.91 Å². The number of nitrogens with zero attached hydrogens (tertiary/aromatic N) is 2. The van der Waals surface area contributed by atoms with Crippen LogP contribution in [-0.4, -0.2) is 39.0 Å². The minimum atomic E-state index is -1.09. The molecule has 0 radical (unpaired) electrons. The number of hydrogen-bond donors (Lipinski definition) is 3. The molecule has 2 rings (SSSR count). The molecule has 0 unspecified atom stereocenters. The lowest BCUT2D eigenvalue weighted by Crippen LogP contribution is -2.30. The Morgan fingerprint density at radius 2 is 1.92 bits per heavy atom. The number of amides is 2. The number of aliphatic carboxylic acids is 1. The highest BCUT2D eigenvalue weighted by Gasteiger charge is 2.15. The molecule has 3 N–H and O–H groups in total. The Hall–Kier alpha value is -2.81. The monoisotopic (exact) mass is 348 g/mol. The second-order valence-electron chi connectivity index (χ2n) is 4.90. The number of carbonyl (C=O) groups is 3.